The minimum atomic E-state index is -0.526. The molecule has 1 aromatic carbocycles. The SMILES string of the molecule is O=C(OCC1C=CC(CO)SS1)c1ccccc1O. The number of esters is 1. The van der Waals surface area contributed by atoms with Gasteiger partial charge in [0.2, 0.25) is 0 Å². The quantitative estimate of drug-likeness (QED) is 0.505. The van der Waals surface area contributed by atoms with Gasteiger partial charge in [-0.15, -0.1) is 0 Å². The molecule has 1 aromatic rings. The highest BCUT2D eigenvalue weighted by Crippen LogP contribution is 2.36. The van der Waals surface area contributed by atoms with Gasteiger partial charge in [0.1, 0.15) is 17.9 Å². The van der Waals surface area contributed by atoms with Crippen molar-refractivity contribution in [3.8, 4) is 5.75 Å². The van der Waals surface area contributed by atoms with E-state index < -0.39 is 5.97 Å². The van der Waals surface area contributed by atoms with Gasteiger partial charge in [0, 0.05) is 0 Å². The molecule has 4 nitrogen and oxygen atoms in total. The van der Waals surface area contributed by atoms with Crippen molar-refractivity contribution >= 4 is 27.6 Å². The van der Waals surface area contributed by atoms with E-state index in [1.807, 2.05) is 12.2 Å². The van der Waals surface area contributed by atoms with Gasteiger partial charge < -0.3 is 14.9 Å². The number of phenols is 1. The molecule has 2 unspecified atom stereocenters. The van der Waals surface area contributed by atoms with Gasteiger partial charge in [-0.25, -0.2) is 4.79 Å². The molecular formula is C13H14O4S2. The minimum absolute atomic E-state index is 0.0719. The molecule has 2 N–H and O–H groups in total. The predicted octanol–water partition coefficient (Wildman–Crippen LogP) is 2.23. The van der Waals surface area contributed by atoms with Crippen LogP contribution in [0.4, 0.5) is 0 Å². The fraction of sp³-hybridized carbons (Fsp3) is 0.308. The highest BCUT2D eigenvalue weighted by atomic mass is 33.1. The number of hydrogen-bond acceptors (Lipinski definition) is 6. The van der Waals surface area contributed by atoms with E-state index in [1.54, 1.807) is 33.7 Å². The normalized spacial score (nSPS) is 22.2. The Balaban J connectivity index is 1.86. The van der Waals surface area contributed by atoms with E-state index in [4.69, 9.17) is 9.84 Å². The number of carbonyl (C=O) groups excluding carboxylic acids is 1. The highest BCUT2D eigenvalue weighted by Gasteiger charge is 2.19. The second-order valence-corrected chi connectivity index (χ2v) is 6.70. The number of aliphatic hydroxyl groups excluding tert-OH is 1. The molecule has 1 aliphatic rings. The topological polar surface area (TPSA) is 66.8 Å². The monoisotopic (exact) mass is 298 g/mol. The molecule has 2 atom stereocenters. The van der Waals surface area contributed by atoms with Gasteiger partial charge in [0.25, 0.3) is 0 Å². The standard InChI is InChI=1S/C13H14O4S2/c14-7-9-5-6-10(19-18-9)8-17-13(16)11-3-1-2-4-12(11)15/h1-6,9-10,14-15H,7-8H2. The minimum Gasteiger partial charge on any atom is -0.507 e. The van der Waals surface area contributed by atoms with Crippen LogP contribution in [0.15, 0.2) is 36.4 Å². The second kappa shape index (κ2) is 6.88. The van der Waals surface area contributed by atoms with Crippen molar-refractivity contribution in [3.05, 3.63) is 42.0 Å². The molecule has 0 radical (unpaired) electrons. The van der Waals surface area contributed by atoms with Gasteiger partial charge in [-0.1, -0.05) is 45.9 Å². The molecule has 0 aliphatic carbocycles. The number of carbonyl (C=O) groups is 1. The van der Waals surface area contributed by atoms with Crippen LogP contribution in [-0.2, 0) is 4.74 Å². The fourth-order valence-corrected chi connectivity index (χ4v) is 3.88. The van der Waals surface area contributed by atoms with E-state index in [1.165, 1.54) is 12.1 Å². The Bertz CT molecular complexity index is 475. The van der Waals surface area contributed by atoms with Gasteiger partial charge >= 0.3 is 5.97 Å². The third-order valence-electron chi connectivity index (χ3n) is 2.53. The van der Waals surface area contributed by atoms with Gasteiger partial charge in [-0.05, 0) is 12.1 Å². The Kier molecular flexibility index (Phi) is 5.18. The first kappa shape index (κ1) is 14.3. The number of phenolic OH excluding ortho intramolecular Hbond substituents is 1. The highest BCUT2D eigenvalue weighted by molar-refractivity contribution is 8.77. The van der Waals surface area contributed by atoms with Gasteiger partial charge in [0.15, 0.2) is 0 Å². The second-order valence-electron chi connectivity index (χ2n) is 3.95. The fourth-order valence-electron chi connectivity index (χ4n) is 1.51. The van der Waals surface area contributed by atoms with E-state index >= 15 is 0 Å². The third-order valence-corrected chi connectivity index (χ3v) is 5.55. The largest absolute Gasteiger partial charge is 0.507 e. The van der Waals surface area contributed by atoms with E-state index in [0.29, 0.717) is 0 Å². The van der Waals surface area contributed by atoms with Crippen molar-refractivity contribution in [2.45, 2.75) is 10.5 Å². The summed E-state index contributed by atoms with van der Waals surface area (Å²) < 4.78 is 5.17. The van der Waals surface area contributed by atoms with Crippen molar-refractivity contribution in [3.63, 3.8) is 0 Å². The van der Waals surface area contributed by atoms with Crippen molar-refractivity contribution < 1.29 is 19.7 Å². The molecule has 6 heteroatoms. The number of benzene rings is 1. The summed E-state index contributed by atoms with van der Waals surface area (Å²) in [5, 5.41) is 18.7. The zero-order valence-corrected chi connectivity index (χ0v) is 11.7. The molecule has 0 saturated heterocycles. The van der Waals surface area contributed by atoms with Crippen LogP contribution in [-0.4, -0.2) is 39.9 Å². The van der Waals surface area contributed by atoms with E-state index in [2.05, 4.69) is 0 Å². The average Bonchev–Trinajstić information content (AvgIpc) is 2.46. The number of aliphatic hydroxyl groups is 1. The first-order valence-electron chi connectivity index (χ1n) is 5.77. The summed E-state index contributed by atoms with van der Waals surface area (Å²) in [7, 11) is 3.13. The van der Waals surface area contributed by atoms with Crippen LogP contribution in [0.2, 0.25) is 0 Å². The summed E-state index contributed by atoms with van der Waals surface area (Å²) >= 11 is 0. The molecule has 0 spiro atoms. The molecule has 0 amide bonds. The Morgan fingerprint density at radius 2 is 1.89 bits per heavy atom. The van der Waals surface area contributed by atoms with Gasteiger partial charge in [0.05, 0.1) is 17.1 Å². The number of para-hydroxylation sites is 1. The molecule has 0 saturated carbocycles. The summed E-state index contributed by atoms with van der Waals surface area (Å²) in [5.74, 6) is -0.601. The molecule has 0 fully saturated rings. The zero-order chi connectivity index (χ0) is 13.7. The van der Waals surface area contributed by atoms with Crippen molar-refractivity contribution in [1.29, 1.82) is 0 Å². The molecule has 1 heterocycles. The first-order chi connectivity index (χ1) is 9.20. The molecule has 0 bridgehead atoms. The molecule has 1 aliphatic heterocycles. The van der Waals surface area contributed by atoms with Crippen LogP contribution < -0.4 is 0 Å². The Morgan fingerprint density at radius 1 is 1.21 bits per heavy atom. The lowest BCUT2D eigenvalue weighted by molar-refractivity contribution is 0.0513. The lowest BCUT2D eigenvalue weighted by Crippen LogP contribution is -2.18. The van der Waals surface area contributed by atoms with E-state index in [0.717, 1.165) is 0 Å². The molecule has 19 heavy (non-hydrogen) atoms. The summed E-state index contributed by atoms with van der Waals surface area (Å²) in [6.45, 7) is 0.359. The van der Waals surface area contributed by atoms with Gasteiger partial charge in [-0.3, -0.25) is 0 Å². The van der Waals surface area contributed by atoms with Crippen molar-refractivity contribution in [2.24, 2.45) is 0 Å². The Labute approximate surface area is 119 Å². The summed E-state index contributed by atoms with van der Waals surface area (Å²) in [5.41, 5.74) is 0.174. The lowest BCUT2D eigenvalue weighted by atomic mass is 10.2. The predicted molar refractivity (Wildman–Crippen MR) is 77.4 cm³/mol. The van der Waals surface area contributed by atoms with Crippen LogP contribution in [0.1, 0.15) is 10.4 Å². The third kappa shape index (κ3) is 3.92. The smallest absolute Gasteiger partial charge is 0.341 e. The lowest BCUT2D eigenvalue weighted by Gasteiger charge is -2.20. The molecule has 2 rings (SSSR count). The van der Waals surface area contributed by atoms with Crippen LogP contribution in [0.5, 0.6) is 5.75 Å². The number of aromatic hydroxyl groups is 1. The van der Waals surface area contributed by atoms with Crippen LogP contribution in [0.25, 0.3) is 0 Å². The van der Waals surface area contributed by atoms with Gasteiger partial charge in [-0.2, -0.15) is 0 Å². The van der Waals surface area contributed by atoms with Crippen LogP contribution in [0, 0.1) is 0 Å². The molecule has 102 valence electrons. The van der Waals surface area contributed by atoms with Crippen LogP contribution >= 0.6 is 21.6 Å². The number of hydrogen-bond donors (Lipinski definition) is 2. The maximum absolute atomic E-state index is 11.8. The van der Waals surface area contributed by atoms with E-state index in [-0.39, 0.29) is 35.0 Å². The van der Waals surface area contributed by atoms with E-state index in [9.17, 15) is 9.90 Å². The first-order valence-corrected chi connectivity index (χ1v) is 8.04. The van der Waals surface area contributed by atoms with Crippen LogP contribution in [0.3, 0.4) is 0 Å². The Hall–Kier alpha value is -1.11. The maximum Gasteiger partial charge on any atom is 0.341 e. The number of rotatable bonds is 4. The average molecular weight is 298 g/mol. The Morgan fingerprint density at radius 3 is 2.53 bits per heavy atom. The summed E-state index contributed by atoms with van der Waals surface area (Å²) in [6, 6.07) is 6.30. The molecular weight excluding hydrogens is 284 g/mol. The summed E-state index contributed by atoms with van der Waals surface area (Å²) in [4.78, 5) is 11.8. The summed E-state index contributed by atoms with van der Waals surface area (Å²) in [6.07, 6.45) is 3.85. The number of ether oxygens (including phenoxy) is 1. The maximum atomic E-state index is 11.8. The zero-order valence-electron chi connectivity index (χ0n) is 10.1. The van der Waals surface area contributed by atoms with Crippen molar-refractivity contribution in [2.75, 3.05) is 13.2 Å². The molecule has 0 aromatic heterocycles. The van der Waals surface area contributed by atoms with Crippen molar-refractivity contribution in [1.82, 2.24) is 0 Å².